The molecule has 0 unspecified atom stereocenters. The van der Waals surface area contributed by atoms with Crippen LogP contribution in [0, 0.1) is 28.6 Å². The van der Waals surface area contributed by atoms with Crippen molar-refractivity contribution in [2.45, 2.75) is 71.0 Å². The molecule has 4 aliphatic rings. The van der Waals surface area contributed by atoms with E-state index in [0.717, 1.165) is 49.1 Å². The number of aliphatic hydroxyl groups excluding tert-OH is 2. The van der Waals surface area contributed by atoms with E-state index in [0.29, 0.717) is 17.8 Å². The quantitative estimate of drug-likeness (QED) is 0.554. The largest absolute Gasteiger partial charge is 0.393 e. The summed E-state index contributed by atoms with van der Waals surface area (Å²) in [6.45, 7) is 4.79. The number of fused-ring (bicyclic) bond motifs is 5. The van der Waals surface area contributed by atoms with Crippen molar-refractivity contribution in [3.8, 4) is 0 Å². The second-order valence-electron chi connectivity index (χ2n) is 10.6. The molecule has 3 saturated carbocycles. The monoisotopic (exact) mass is 412 g/mol. The van der Waals surface area contributed by atoms with Crippen molar-refractivity contribution in [2.75, 3.05) is 0 Å². The molecule has 0 heterocycles. The second kappa shape index (κ2) is 6.97. The van der Waals surface area contributed by atoms with Gasteiger partial charge in [0.2, 0.25) is 0 Å². The number of benzene rings is 1. The van der Waals surface area contributed by atoms with E-state index in [4.69, 9.17) is 11.6 Å². The van der Waals surface area contributed by atoms with Crippen LogP contribution in [0.5, 0.6) is 0 Å². The predicted molar refractivity (Wildman–Crippen MR) is 119 cm³/mol. The van der Waals surface area contributed by atoms with E-state index >= 15 is 0 Å². The molecule has 0 aromatic heterocycles. The molecule has 2 N–H and O–H groups in total. The van der Waals surface area contributed by atoms with Gasteiger partial charge in [0.05, 0.1) is 12.2 Å². The van der Waals surface area contributed by atoms with Gasteiger partial charge in [-0.1, -0.05) is 55.3 Å². The zero-order chi connectivity index (χ0) is 20.4. The normalized spacial score (nSPS) is 45.3. The van der Waals surface area contributed by atoms with E-state index < -0.39 is 0 Å². The SMILES string of the molecule is C[C@]12CC[C@H]3[C@@H](CC=C4C[C@@H](O)CC[C@@]43C)[C@@H]1C/C(=C\c1ccc(Cl)cc1)[C@@H]2O. The molecule has 0 spiro atoms. The maximum atomic E-state index is 11.3. The minimum atomic E-state index is -0.351. The lowest BCUT2D eigenvalue weighted by atomic mass is 9.48. The summed E-state index contributed by atoms with van der Waals surface area (Å²) in [4.78, 5) is 0. The first-order chi connectivity index (χ1) is 13.8. The summed E-state index contributed by atoms with van der Waals surface area (Å²) in [7, 11) is 0. The summed E-state index contributed by atoms with van der Waals surface area (Å²) in [5.41, 5.74) is 4.06. The van der Waals surface area contributed by atoms with Crippen molar-refractivity contribution in [3.05, 3.63) is 52.1 Å². The van der Waals surface area contributed by atoms with Gasteiger partial charge in [0.15, 0.2) is 0 Å². The fourth-order valence-electron chi connectivity index (χ4n) is 7.41. The molecular formula is C26H33ClO2. The lowest BCUT2D eigenvalue weighted by Gasteiger charge is -2.57. The Labute approximate surface area is 179 Å². The van der Waals surface area contributed by atoms with E-state index in [-0.39, 0.29) is 23.0 Å². The molecule has 1 aromatic rings. The Bertz CT molecular complexity index is 856. The van der Waals surface area contributed by atoms with Gasteiger partial charge in [0.25, 0.3) is 0 Å². The molecule has 4 aliphatic carbocycles. The highest BCUT2D eigenvalue weighted by Crippen LogP contribution is 2.65. The zero-order valence-electron chi connectivity index (χ0n) is 17.6. The van der Waals surface area contributed by atoms with Crippen LogP contribution in [0.25, 0.3) is 6.08 Å². The fourth-order valence-corrected chi connectivity index (χ4v) is 7.54. The van der Waals surface area contributed by atoms with Gasteiger partial charge in [-0.25, -0.2) is 0 Å². The van der Waals surface area contributed by atoms with Crippen molar-refractivity contribution in [1.82, 2.24) is 0 Å². The molecular weight excluding hydrogens is 380 g/mol. The van der Waals surface area contributed by atoms with Crippen LogP contribution >= 0.6 is 11.6 Å². The van der Waals surface area contributed by atoms with Crippen LogP contribution in [0.15, 0.2) is 41.5 Å². The third kappa shape index (κ3) is 3.06. The Morgan fingerprint density at radius 1 is 1.00 bits per heavy atom. The van der Waals surface area contributed by atoms with Gasteiger partial charge in [-0.15, -0.1) is 0 Å². The Kier molecular flexibility index (Phi) is 4.77. The molecule has 2 nitrogen and oxygen atoms in total. The van der Waals surface area contributed by atoms with E-state index in [9.17, 15) is 10.2 Å². The second-order valence-corrected chi connectivity index (χ2v) is 11.0. The summed E-state index contributed by atoms with van der Waals surface area (Å²) in [5.74, 6) is 1.87. The summed E-state index contributed by atoms with van der Waals surface area (Å²) in [6, 6.07) is 7.93. The smallest absolute Gasteiger partial charge is 0.0809 e. The van der Waals surface area contributed by atoms with Crippen molar-refractivity contribution in [1.29, 1.82) is 0 Å². The van der Waals surface area contributed by atoms with Gasteiger partial charge in [-0.2, -0.15) is 0 Å². The van der Waals surface area contributed by atoms with Gasteiger partial charge < -0.3 is 10.2 Å². The van der Waals surface area contributed by atoms with Gasteiger partial charge >= 0.3 is 0 Å². The molecule has 0 bridgehead atoms. The highest BCUT2D eigenvalue weighted by Gasteiger charge is 2.59. The fraction of sp³-hybridized carbons (Fsp3) is 0.615. The molecule has 156 valence electrons. The molecule has 0 amide bonds. The highest BCUT2D eigenvalue weighted by molar-refractivity contribution is 6.30. The van der Waals surface area contributed by atoms with Crippen molar-refractivity contribution >= 4 is 17.7 Å². The molecule has 1 aromatic carbocycles. The van der Waals surface area contributed by atoms with Crippen LogP contribution in [0.3, 0.4) is 0 Å². The lowest BCUT2D eigenvalue weighted by molar-refractivity contribution is -0.0685. The topological polar surface area (TPSA) is 40.5 Å². The van der Waals surface area contributed by atoms with Crippen LogP contribution in [-0.2, 0) is 0 Å². The van der Waals surface area contributed by atoms with Crippen LogP contribution in [0.4, 0.5) is 0 Å². The molecule has 3 fully saturated rings. The number of halogens is 1. The summed E-state index contributed by atoms with van der Waals surface area (Å²) >= 11 is 6.04. The van der Waals surface area contributed by atoms with Crippen molar-refractivity contribution in [2.24, 2.45) is 28.6 Å². The first-order valence-electron chi connectivity index (χ1n) is 11.3. The van der Waals surface area contributed by atoms with E-state index in [1.165, 1.54) is 17.6 Å². The zero-order valence-corrected chi connectivity index (χ0v) is 18.3. The number of rotatable bonds is 1. The Hall–Kier alpha value is -1.09. The molecule has 3 heteroatoms. The third-order valence-electron chi connectivity index (χ3n) is 9.17. The van der Waals surface area contributed by atoms with E-state index in [1.54, 1.807) is 0 Å². The summed E-state index contributed by atoms with van der Waals surface area (Å²) in [5, 5.41) is 22.3. The maximum Gasteiger partial charge on any atom is 0.0809 e. The minimum absolute atomic E-state index is 0.0185. The Morgan fingerprint density at radius 2 is 1.76 bits per heavy atom. The van der Waals surface area contributed by atoms with Crippen LogP contribution in [-0.4, -0.2) is 22.4 Å². The first kappa shape index (κ1) is 19.8. The number of allylic oxidation sites excluding steroid dienone is 1. The molecule has 29 heavy (non-hydrogen) atoms. The lowest BCUT2D eigenvalue weighted by Crippen LogP contribution is -2.51. The first-order valence-corrected chi connectivity index (χ1v) is 11.7. The number of hydrogen-bond acceptors (Lipinski definition) is 2. The minimum Gasteiger partial charge on any atom is -0.393 e. The number of aliphatic hydroxyl groups is 2. The summed E-state index contributed by atoms with van der Waals surface area (Å²) < 4.78 is 0. The average molecular weight is 413 g/mol. The molecule has 5 rings (SSSR count). The molecule has 0 aliphatic heterocycles. The average Bonchev–Trinajstić information content (AvgIpc) is 2.95. The van der Waals surface area contributed by atoms with Crippen molar-refractivity contribution in [3.63, 3.8) is 0 Å². The summed E-state index contributed by atoms with van der Waals surface area (Å²) in [6.07, 6.45) is 11.5. The van der Waals surface area contributed by atoms with Crippen LogP contribution in [0.2, 0.25) is 5.02 Å². The number of hydrogen-bond donors (Lipinski definition) is 2. The molecule has 0 radical (unpaired) electrons. The van der Waals surface area contributed by atoms with E-state index in [1.807, 2.05) is 24.3 Å². The van der Waals surface area contributed by atoms with Crippen LogP contribution in [0.1, 0.15) is 64.4 Å². The van der Waals surface area contributed by atoms with Gasteiger partial charge in [0.1, 0.15) is 0 Å². The Morgan fingerprint density at radius 3 is 2.52 bits per heavy atom. The van der Waals surface area contributed by atoms with Gasteiger partial charge in [-0.3, -0.25) is 0 Å². The van der Waals surface area contributed by atoms with E-state index in [2.05, 4.69) is 26.0 Å². The maximum absolute atomic E-state index is 11.3. The highest BCUT2D eigenvalue weighted by atomic mass is 35.5. The third-order valence-corrected chi connectivity index (χ3v) is 9.42. The van der Waals surface area contributed by atoms with Gasteiger partial charge in [0, 0.05) is 10.4 Å². The standard InChI is InChI=1S/C26H33ClO2/c1-25-11-9-20(28)15-18(25)5-8-21-22(25)10-12-26(2)23(21)14-17(24(26)29)13-16-3-6-19(27)7-4-16/h3-7,13,20-24,28-29H,8-12,14-15H2,1-2H3/b17-13+/t20-,21+,22-,23-,24-,25-,26-/m0/s1. The van der Waals surface area contributed by atoms with Crippen LogP contribution < -0.4 is 0 Å². The molecule has 0 saturated heterocycles. The molecule has 7 atom stereocenters. The Balaban J connectivity index is 1.46. The van der Waals surface area contributed by atoms with Crippen molar-refractivity contribution < 1.29 is 10.2 Å². The van der Waals surface area contributed by atoms with Gasteiger partial charge in [-0.05, 0) is 91.4 Å². The predicted octanol–water partition coefficient (Wildman–Crippen LogP) is 6.02.